The highest BCUT2D eigenvalue weighted by Crippen LogP contribution is 2.27. The van der Waals surface area contributed by atoms with Gasteiger partial charge in [-0.3, -0.25) is 4.90 Å². The Labute approximate surface area is 143 Å². The van der Waals surface area contributed by atoms with Crippen molar-refractivity contribution in [3.63, 3.8) is 0 Å². The molecule has 6 nitrogen and oxygen atoms in total. The normalized spacial score (nSPS) is 21.8. The lowest BCUT2D eigenvalue weighted by Crippen LogP contribution is -2.23. The predicted molar refractivity (Wildman–Crippen MR) is 94.1 cm³/mol. The summed E-state index contributed by atoms with van der Waals surface area (Å²) in [6, 6.07) is 2.05. The van der Waals surface area contributed by atoms with Crippen LogP contribution in [0.5, 0.6) is 0 Å². The minimum Gasteiger partial charge on any atom is -0.341 e. The first kappa shape index (κ1) is 15.6. The molecular weight excluding hydrogens is 300 g/mol. The average molecular weight is 326 g/mol. The fourth-order valence-electron chi connectivity index (χ4n) is 3.97. The van der Waals surface area contributed by atoms with Gasteiger partial charge >= 0.3 is 0 Å². The van der Waals surface area contributed by atoms with E-state index in [-0.39, 0.29) is 0 Å². The summed E-state index contributed by atoms with van der Waals surface area (Å²) in [5.74, 6) is 2.65. The molecule has 1 unspecified atom stereocenters. The molecule has 4 heterocycles. The monoisotopic (exact) mass is 326 g/mol. The molecule has 0 amide bonds. The topological polar surface area (TPSA) is 50.1 Å². The van der Waals surface area contributed by atoms with Gasteiger partial charge in [-0.05, 0) is 38.8 Å². The van der Waals surface area contributed by atoms with Crippen LogP contribution in [0.3, 0.4) is 0 Å². The number of imidazole rings is 1. The summed E-state index contributed by atoms with van der Waals surface area (Å²) < 4.78 is 2.18. The van der Waals surface area contributed by atoms with Crippen LogP contribution in [0.4, 0.5) is 5.95 Å². The molecule has 1 atom stereocenters. The molecule has 2 fully saturated rings. The first-order chi connectivity index (χ1) is 11.7. The van der Waals surface area contributed by atoms with Gasteiger partial charge < -0.3 is 9.47 Å². The Bertz CT molecular complexity index is 703. The zero-order valence-electron chi connectivity index (χ0n) is 14.6. The lowest BCUT2D eigenvalue weighted by atomic mass is 10.1. The van der Waals surface area contributed by atoms with E-state index in [1.807, 2.05) is 6.20 Å². The van der Waals surface area contributed by atoms with Gasteiger partial charge in [0.1, 0.15) is 5.82 Å². The Morgan fingerprint density at radius 3 is 2.75 bits per heavy atom. The van der Waals surface area contributed by atoms with Gasteiger partial charge in [0.15, 0.2) is 0 Å². The molecule has 6 heteroatoms. The minimum absolute atomic E-state index is 0.531. The van der Waals surface area contributed by atoms with Crippen LogP contribution in [0.25, 0.3) is 0 Å². The van der Waals surface area contributed by atoms with Gasteiger partial charge in [-0.25, -0.2) is 15.0 Å². The fourth-order valence-corrected chi connectivity index (χ4v) is 3.97. The van der Waals surface area contributed by atoms with Crippen LogP contribution in [0.2, 0.25) is 0 Å². The first-order valence-electron chi connectivity index (χ1n) is 8.98. The molecule has 2 aliphatic heterocycles. The van der Waals surface area contributed by atoms with Crippen LogP contribution in [0, 0.1) is 6.92 Å². The summed E-state index contributed by atoms with van der Waals surface area (Å²) in [7, 11) is 2.10. The number of nitrogens with zero attached hydrogens (tertiary/aromatic N) is 6. The number of aryl methyl sites for hydroxylation is 2. The van der Waals surface area contributed by atoms with Crippen molar-refractivity contribution < 1.29 is 0 Å². The quantitative estimate of drug-likeness (QED) is 0.861. The molecule has 2 aromatic heterocycles. The van der Waals surface area contributed by atoms with Crippen LogP contribution >= 0.6 is 0 Å². The summed E-state index contributed by atoms with van der Waals surface area (Å²) in [6.45, 7) is 7.33. The Kier molecular flexibility index (Phi) is 4.22. The van der Waals surface area contributed by atoms with Gasteiger partial charge in [0.25, 0.3) is 0 Å². The van der Waals surface area contributed by atoms with E-state index in [4.69, 9.17) is 9.97 Å². The highest BCUT2D eigenvalue weighted by atomic mass is 15.3. The van der Waals surface area contributed by atoms with Gasteiger partial charge in [-0.1, -0.05) is 0 Å². The number of aromatic nitrogens is 4. The smallest absolute Gasteiger partial charge is 0.225 e. The van der Waals surface area contributed by atoms with Gasteiger partial charge in [0.2, 0.25) is 5.95 Å². The second kappa shape index (κ2) is 6.51. The molecule has 0 aromatic carbocycles. The maximum Gasteiger partial charge on any atom is 0.225 e. The molecule has 128 valence electrons. The van der Waals surface area contributed by atoms with Crippen LogP contribution in [-0.4, -0.2) is 50.6 Å². The van der Waals surface area contributed by atoms with Crippen molar-refractivity contribution in [3.05, 3.63) is 35.7 Å². The van der Waals surface area contributed by atoms with Crippen molar-refractivity contribution in [3.8, 4) is 0 Å². The van der Waals surface area contributed by atoms with Gasteiger partial charge in [0, 0.05) is 51.5 Å². The molecule has 2 aromatic rings. The van der Waals surface area contributed by atoms with Crippen molar-refractivity contribution in [2.24, 2.45) is 7.05 Å². The van der Waals surface area contributed by atoms with Gasteiger partial charge in [-0.2, -0.15) is 0 Å². The van der Waals surface area contributed by atoms with Crippen molar-refractivity contribution in [2.45, 2.75) is 38.6 Å². The Morgan fingerprint density at radius 1 is 1.17 bits per heavy atom. The maximum atomic E-state index is 4.79. The molecule has 0 aliphatic carbocycles. The summed E-state index contributed by atoms with van der Waals surface area (Å²) in [4.78, 5) is 18.7. The van der Waals surface area contributed by atoms with Gasteiger partial charge in [0.05, 0.1) is 11.4 Å². The summed E-state index contributed by atoms with van der Waals surface area (Å²) in [6.07, 6.45) is 7.71. The number of likely N-dealkylation sites (tertiary alicyclic amines) is 1. The standard InChI is InChI=1S/C18H26N6/c1-14-11-22(2)17(20-14)15-6-10-23(12-15)13-16-5-7-19-18(21-16)24-8-3-4-9-24/h5,7,11,15H,3-4,6,8-10,12-13H2,1-2H3. The lowest BCUT2D eigenvalue weighted by Gasteiger charge is -2.18. The van der Waals surface area contributed by atoms with Crippen molar-refractivity contribution in [1.29, 1.82) is 0 Å². The summed E-state index contributed by atoms with van der Waals surface area (Å²) in [5.41, 5.74) is 2.24. The molecule has 2 aliphatic rings. The predicted octanol–water partition coefficient (Wildman–Crippen LogP) is 2.11. The van der Waals surface area contributed by atoms with Crippen LogP contribution in [0.1, 0.15) is 42.4 Å². The molecule has 0 spiro atoms. The maximum absolute atomic E-state index is 4.79. The molecule has 4 rings (SSSR count). The third-order valence-electron chi connectivity index (χ3n) is 5.15. The van der Waals surface area contributed by atoms with Crippen molar-refractivity contribution >= 4 is 5.95 Å². The SMILES string of the molecule is Cc1cn(C)c(C2CCN(Cc3ccnc(N4CCCC4)n3)C2)n1. The Balaban J connectivity index is 1.41. The lowest BCUT2D eigenvalue weighted by molar-refractivity contribution is 0.321. The largest absolute Gasteiger partial charge is 0.341 e. The third kappa shape index (κ3) is 3.15. The molecular formula is C18H26N6. The minimum atomic E-state index is 0.531. The fraction of sp³-hybridized carbons (Fsp3) is 0.611. The Hall–Kier alpha value is -1.95. The summed E-state index contributed by atoms with van der Waals surface area (Å²) >= 11 is 0. The molecule has 0 N–H and O–H groups in total. The van der Waals surface area contributed by atoms with E-state index >= 15 is 0 Å². The third-order valence-corrected chi connectivity index (χ3v) is 5.15. The van der Waals surface area contributed by atoms with Crippen molar-refractivity contribution in [1.82, 2.24) is 24.4 Å². The number of hydrogen-bond acceptors (Lipinski definition) is 5. The number of hydrogen-bond donors (Lipinski definition) is 0. The van der Waals surface area contributed by atoms with E-state index in [1.165, 1.54) is 25.1 Å². The van der Waals surface area contributed by atoms with Crippen LogP contribution < -0.4 is 4.90 Å². The van der Waals surface area contributed by atoms with Crippen LogP contribution in [-0.2, 0) is 13.6 Å². The Morgan fingerprint density at radius 2 is 2.00 bits per heavy atom. The molecule has 2 saturated heterocycles. The second-order valence-corrected chi connectivity index (χ2v) is 7.11. The molecule has 0 bridgehead atoms. The number of anilines is 1. The average Bonchev–Trinajstić information content (AvgIpc) is 3.29. The molecule has 24 heavy (non-hydrogen) atoms. The zero-order valence-corrected chi connectivity index (χ0v) is 14.6. The van der Waals surface area contributed by atoms with E-state index < -0.39 is 0 Å². The number of rotatable bonds is 4. The second-order valence-electron chi connectivity index (χ2n) is 7.11. The zero-order chi connectivity index (χ0) is 16.5. The van der Waals surface area contributed by atoms with E-state index in [9.17, 15) is 0 Å². The van der Waals surface area contributed by atoms with E-state index in [1.54, 1.807) is 0 Å². The van der Waals surface area contributed by atoms with Crippen LogP contribution in [0.15, 0.2) is 18.5 Å². The highest BCUT2D eigenvalue weighted by Gasteiger charge is 2.27. The summed E-state index contributed by atoms with van der Waals surface area (Å²) in [5, 5.41) is 0. The van der Waals surface area contributed by atoms with E-state index in [2.05, 4.69) is 45.6 Å². The first-order valence-corrected chi connectivity index (χ1v) is 8.98. The molecule has 0 saturated carbocycles. The molecule has 0 radical (unpaired) electrons. The van der Waals surface area contributed by atoms with Gasteiger partial charge in [-0.15, -0.1) is 0 Å². The van der Waals surface area contributed by atoms with Crippen molar-refractivity contribution in [2.75, 3.05) is 31.1 Å². The van der Waals surface area contributed by atoms with E-state index in [0.717, 1.165) is 50.1 Å². The highest BCUT2D eigenvalue weighted by molar-refractivity contribution is 5.31. The van der Waals surface area contributed by atoms with E-state index in [0.29, 0.717) is 5.92 Å².